The minimum Gasteiger partial charge on any atom is -0.221 e. The SMILES string of the molecule is CC1C=CC=CC1(C)N=C=S. The summed E-state index contributed by atoms with van der Waals surface area (Å²) in [7, 11) is 0. The fourth-order valence-corrected chi connectivity index (χ4v) is 1.26. The van der Waals surface area contributed by atoms with E-state index in [9.17, 15) is 0 Å². The number of aliphatic imine (C=N–C) groups is 1. The highest BCUT2D eigenvalue weighted by Crippen LogP contribution is 2.26. The van der Waals surface area contributed by atoms with Crippen LogP contribution in [0, 0.1) is 5.92 Å². The van der Waals surface area contributed by atoms with Gasteiger partial charge in [-0.2, -0.15) is 0 Å². The molecule has 0 aromatic rings. The Bertz CT molecular complexity index is 248. The number of hydrogen-bond donors (Lipinski definition) is 0. The number of thiocarbonyl (C=S) groups is 1. The second-order valence-corrected chi connectivity index (χ2v) is 3.14. The molecule has 0 fully saturated rings. The number of allylic oxidation sites excluding steroid dienone is 2. The van der Waals surface area contributed by atoms with E-state index in [-0.39, 0.29) is 5.54 Å². The molecule has 2 heteroatoms. The Morgan fingerprint density at radius 3 is 2.82 bits per heavy atom. The molecular formula is C9H11NS. The van der Waals surface area contributed by atoms with E-state index >= 15 is 0 Å². The van der Waals surface area contributed by atoms with Gasteiger partial charge in [-0.1, -0.05) is 31.2 Å². The molecule has 0 aliphatic heterocycles. The summed E-state index contributed by atoms with van der Waals surface area (Å²) in [5, 5.41) is 2.43. The van der Waals surface area contributed by atoms with E-state index in [0.29, 0.717) is 5.92 Å². The van der Waals surface area contributed by atoms with Gasteiger partial charge in [-0.3, -0.25) is 0 Å². The van der Waals surface area contributed by atoms with E-state index in [1.165, 1.54) is 0 Å². The predicted molar refractivity (Wildman–Crippen MR) is 50.9 cm³/mol. The van der Waals surface area contributed by atoms with Gasteiger partial charge in [-0.05, 0) is 19.1 Å². The van der Waals surface area contributed by atoms with Crippen molar-refractivity contribution >= 4 is 17.4 Å². The van der Waals surface area contributed by atoms with Gasteiger partial charge in [-0.15, -0.1) is 0 Å². The molecule has 2 atom stereocenters. The molecule has 0 heterocycles. The van der Waals surface area contributed by atoms with Crippen LogP contribution in [0.4, 0.5) is 0 Å². The fraction of sp³-hybridized carbons (Fsp3) is 0.444. The van der Waals surface area contributed by atoms with Crippen LogP contribution in [0.1, 0.15) is 13.8 Å². The molecule has 2 unspecified atom stereocenters. The molecule has 0 saturated carbocycles. The largest absolute Gasteiger partial charge is 0.221 e. The Labute approximate surface area is 72.5 Å². The van der Waals surface area contributed by atoms with Crippen LogP contribution in [0.5, 0.6) is 0 Å². The molecule has 1 nitrogen and oxygen atoms in total. The molecule has 0 saturated heterocycles. The second-order valence-electron chi connectivity index (χ2n) is 2.96. The maximum absolute atomic E-state index is 4.58. The molecule has 58 valence electrons. The lowest BCUT2D eigenvalue weighted by Gasteiger charge is -2.26. The van der Waals surface area contributed by atoms with E-state index in [1.54, 1.807) is 0 Å². The molecule has 0 spiro atoms. The number of isothiocyanates is 1. The van der Waals surface area contributed by atoms with Gasteiger partial charge in [-0.25, -0.2) is 4.99 Å². The highest BCUT2D eigenvalue weighted by atomic mass is 32.1. The van der Waals surface area contributed by atoms with Crippen molar-refractivity contribution in [3.8, 4) is 0 Å². The molecule has 0 amide bonds. The third-order valence-corrected chi connectivity index (χ3v) is 2.24. The molecule has 11 heavy (non-hydrogen) atoms. The van der Waals surface area contributed by atoms with Crippen molar-refractivity contribution in [2.45, 2.75) is 19.4 Å². The number of rotatable bonds is 1. The maximum Gasteiger partial charge on any atom is 0.0925 e. The Morgan fingerprint density at radius 2 is 2.27 bits per heavy atom. The van der Waals surface area contributed by atoms with Crippen LogP contribution in [0.2, 0.25) is 0 Å². The first kappa shape index (κ1) is 8.38. The third kappa shape index (κ3) is 1.65. The average molecular weight is 165 g/mol. The zero-order valence-corrected chi connectivity index (χ0v) is 7.56. The van der Waals surface area contributed by atoms with E-state index in [2.05, 4.69) is 48.4 Å². The summed E-state index contributed by atoms with van der Waals surface area (Å²) in [6.07, 6.45) is 8.20. The van der Waals surface area contributed by atoms with Crippen molar-refractivity contribution < 1.29 is 0 Å². The summed E-state index contributed by atoms with van der Waals surface area (Å²) in [6, 6.07) is 0. The van der Waals surface area contributed by atoms with Gasteiger partial charge in [0.2, 0.25) is 0 Å². The number of hydrogen-bond acceptors (Lipinski definition) is 2. The van der Waals surface area contributed by atoms with Gasteiger partial charge in [0, 0.05) is 5.92 Å². The van der Waals surface area contributed by atoms with Crippen molar-refractivity contribution in [2.75, 3.05) is 0 Å². The minimum absolute atomic E-state index is 0.170. The summed E-state index contributed by atoms with van der Waals surface area (Å²) in [6.45, 7) is 4.17. The lowest BCUT2D eigenvalue weighted by atomic mass is 9.84. The van der Waals surface area contributed by atoms with Crippen molar-refractivity contribution in [3.63, 3.8) is 0 Å². The molecule has 1 rings (SSSR count). The third-order valence-electron chi connectivity index (χ3n) is 2.15. The van der Waals surface area contributed by atoms with Crippen LogP contribution in [0.3, 0.4) is 0 Å². The van der Waals surface area contributed by atoms with Crippen molar-refractivity contribution in [1.82, 2.24) is 0 Å². The lowest BCUT2D eigenvalue weighted by Crippen LogP contribution is -2.28. The highest BCUT2D eigenvalue weighted by molar-refractivity contribution is 7.78. The van der Waals surface area contributed by atoms with Gasteiger partial charge in [0.25, 0.3) is 0 Å². The van der Waals surface area contributed by atoms with Gasteiger partial charge in [0.05, 0.1) is 10.7 Å². The summed E-state index contributed by atoms with van der Waals surface area (Å²) >= 11 is 4.58. The topological polar surface area (TPSA) is 12.4 Å². The van der Waals surface area contributed by atoms with Crippen molar-refractivity contribution in [1.29, 1.82) is 0 Å². The quantitative estimate of drug-likeness (QED) is 0.430. The van der Waals surface area contributed by atoms with E-state index < -0.39 is 0 Å². The molecule has 0 aromatic carbocycles. The van der Waals surface area contributed by atoms with Crippen LogP contribution >= 0.6 is 12.2 Å². The van der Waals surface area contributed by atoms with Gasteiger partial charge in [0.1, 0.15) is 0 Å². The zero-order chi connectivity index (χ0) is 8.32. The average Bonchev–Trinajstić information content (AvgIpc) is 1.96. The summed E-state index contributed by atoms with van der Waals surface area (Å²) in [4.78, 5) is 4.12. The van der Waals surface area contributed by atoms with Crippen LogP contribution in [0.25, 0.3) is 0 Å². The second kappa shape index (κ2) is 3.12. The normalized spacial score (nSPS) is 34.9. The predicted octanol–water partition coefficient (Wildman–Crippen LogP) is 2.61. The van der Waals surface area contributed by atoms with E-state index in [0.717, 1.165) is 0 Å². The smallest absolute Gasteiger partial charge is 0.0925 e. The first-order chi connectivity index (χ1) is 5.19. The van der Waals surface area contributed by atoms with Crippen LogP contribution in [-0.4, -0.2) is 10.7 Å². The Balaban J connectivity index is 2.94. The molecular weight excluding hydrogens is 154 g/mol. The highest BCUT2D eigenvalue weighted by Gasteiger charge is 2.26. The Hall–Kier alpha value is -0.720. The van der Waals surface area contributed by atoms with E-state index in [1.807, 2.05) is 12.2 Å². The maximum atomic E-state index is 4.58. The number of nitrogens with zero attached hydrogens (tertiary/aromatic N) is 1. The molecule has 1 aliphatic rings. The molecule has 0 bridgehead atoms. The van der Waals surface area contributed by atoms with Gasteiger partial charge < -0.3 is 0 Å². The summed E-state index contributed by atoms with van der Waals surface area (Å²) in [5.74, 6) is 0.406. The zero-order valence-electron chi connectivity index (χ0n) is 6.74. The van der Waals surface area contributed by atoms with Gasteiger partial charge in [0.15, 0.2) is 0 Å². The Kier molecular flexibility index (Phi) is 2.38. The summed E-state index contributed by atoms with van der Waals surface area (Å²) < 4.78 is 0. The van der Waals surface area contributed by atoms with Crippen LogP contribution < -0.4 is 0 Å². The van der Waals surface area contributed by atoms with E-state index in [4.69, 9.17) is 0 Å². The minimum atomic E-state index is -0.170. The standard InChI is InChI=1S/C9H11NS/c1-8-5-3-4-6-9(8,2)10-7-11/h3-6,8H,1-2H3. The molecule has 0 N–H and O–H groups in total. The monoisotopic (exact) mass is 165 g/mol. The summed E-state index contributed by atoms with van der Waals surface area (Å²) in [5.41, 5.74) is -0.170. The van der Waals surface area contributed by atoms with Crippen molar-refractivity contribution in [2.24, 2.45) is 10.9 Å². The lowest BCUT2D eigenvalue weighted by molar-refractivity contribution is 0.461. The van der Waals surface area contributed by atoms with Gasteiger partial charge >= 0.3 is 0 Å². The van der Waals surface area contributed by atoms with Crippen LogP contribution in [0.15, 0.2) is 29.3 Å². The molecule has 0 radical (unpaired) electrons. The molecule has 0 aromatic heterocycles. The van der Waals surface area contributed by atoms with Crippen molar-refractivity contribution in [3.05, 3.63) is 24.3 Å². The first-order valence-corrected chi connectivity index (χ1v) is 4.05. The molecule has 1 aliphatic carbocycles. The first-order valence-electron chi connectivity index (χ1n) is 3.64. The fourth-order valence-electron chi connectivity index (χ4n) is 1.07. The Morgan fingerprint density at radius 1 is 1.55 bits per heavy atom. The van der Waals surface area contributed by atoms with Crippen LogP contribution in [-0.2, 0) is 0 Å².